The summed E-state index contributed by atoms with van der Waals surface area (Å²) in [5, 5.41) is 13.4. The molecule has 104 valence electrons. The number of pyridine rings is 1. The molecule has 0 aliphatic heterocycles. The summed E-state index contributed by atoms with van der Waals surface area (Å²) >= 11 is -2.36. The van der Waals surface area contributed by atoms with Crippen molar-refractivity contribution in [2.24, 2.45) is 10.9 Å². The summed E-state index contributed by atoms with van der Waals surface area (Å²) in [4.78, 5) is 13.8. The zero-order valence-corrected chi connectivity index (χ0v) is 10.3. The summed E-state index contributed by atoms with van der Waals surface area (Å²) < 4.78 is 22.0. The molecule has 5 N–H and O–H groups in total. The van der Waals surface area contributed by atoms with Crippen LogP contribution in [0.4, 0.5) is 4.79 Å². The molecule has 0 aliphatic carbocycles. The van der Waals surface area contributed by atoms with E-state index in [2.05, 4.69) is 30.3 Å². The van der Waals surface area contributed by atoms with Gasteiger partial charge in [-0.25, -0.2) is 9.78 Å². The highest BCUT2D eigenvalue weighted by molar-refractivity contribution is 7.76. The van der Waals surface area contributed by atoms with E-state index in [-0.39, 0.29) is 5.88 Å². The third-order valence-corrected chi connectivity index (χ3v) is 1.17. The summed E-state index contributed by atoms with van der Waals surface area (Å²) in [5.74, 6) is 0.218. The molecule has 0 fully saturated rings. The second-order valence-electron chi connectivity index (χ2n) is 2.51. The number of ether oxygens (including phenoxy) is 1. The van der Waals surface area contributed by atoms with Gasteiger partial charge in [0.2, 0.25) is 5.88 Å². The standard InChI is InChI=1S/C6H6N2O2.C2H3N3.H3NO2S/c7-6(9)10-5-3-1-2-4-8-5;1-2-4-5-3-1;1-4(2)3/h1-4H,(H2,7,9);1-2H,(H,3,4,5);1H2,(H,2,3)/p-1. The Balaban J connectivity index is 0.000000300. The van der Waals surface area contributed by atoms with E-state index in [1.165, 1.54) is 6.20 Å². The van der Waals surface area contributed by atoms with Gasteiger partial charge < -0.3 is 15.0 Å². The Hall–Kier alpha value is -2.37. The summed E-state index contributed by atoms with van der Waals surface area (Å²) in [6, 6.07) is 4.96. The molecule has 1 unspecified atom stereocenters. The molecule has 0 radical (unpaired) electrons. The van der Waals surface area contributed by atoms with Crippen LogP contribution < -0.4 is 15.6 Å². The van der Waals surface area contributed by atoms with Gasteiger partial charge in [-0.15, -0.1) is 0 Å². The van der Waals surface area contributed by atoms with Crippen molar-refractivity contribution >= 4 is 17.4 Å². The summed E-state index contributed by atoms with van der Waals surface area (Å²) in [7, 11) is 0. The van der Waals surface area contributed by atoms with Crippen molar-refractivity contribution in [2.45, 2.75) is 0 Å². The van der Waals surface area contributed by atoms with Gasteiger partial charge in [0.15, 0.2) is 0 Å². The lowest BCUT2D eigenvalue weighted by atomic mass is 10.5. The SMILES string of the molecule is NC(=O)Oc1ccccn1.NS(=O)[O-].c1cn[nH]n1. The number of primary amides is 1. The van der Waals surface area contributed by atoms with Gasteiger partial charge in [0.1, 0.15) is 0 Å². The van der Waals surface area contributed by atoms with Crippen molar-refractivity contribution < 1.29 is 18.3 Å². The van der Waals surface area contributed by atoms with E-state index < -0.39 is 17.4 Å². The fourth-order valence-corrected chi connectivity index (χ4v) is 0.677. The molecule has 0 bridgehead atoms. The molecule has 0 aromatic carbocycles. The maximum Gasteiger partial charge on any atom is 0.411 e. The van der Waals surface area contributed by atoms with Crippen LogP contribution in [0.1, 0.15) is 0 Å². The van der Waals surface area contributed by atoms with Gasteiger partial charge in [-0.05, 0) is 6.07 Å². The number of nitrogens with two attached hydrogens (primary N) is 2. The second kappa shape index (κ2) is 10.8. The minimum Gasteiger partial charge on any atom is -0.760 e. The maximum absolute atomic E-state index is 10.1. The second-order valence-corrected chi connectivity index (χ2v) is 3.03. The molecular weight excluding hydrogens is 276 g/mol. The van der Waals surface area contributed by atoms with Crippen LogP contribution in [0.3, 0.4) is 0 Å². The monoisotopic (exact) mass is 287 g/mol. The Labute approximate surface area is 110 Å². The Morgan fingerprint density at radius 2 is 1.89 bits per heavy atom. The minimum atomic E-state index is -2.36. The van der Waals surface area contributed by atoms with Crippen LogP contribution >= 0.6 is 0 Å². The fraction of sp³-hybridized carbons (Fsp3) is 0. The van der Waals surface area contributed by atoms with E-state index in [1.54, 1.807) is 30.6 Å². The number of hydrogen-bond donors (Lipinski definition) is 3. The van der Waals surface area contributed by atoms with Crippen LogP contribution in [0.15, 0.2) is 36.8 Å². The predicted molar refractivity (Wildman–Crippen MR) is 63.9 cm³/mol. The Morgan fingerprint density at radius 3 is 2.21 bits per heavy atom. The molecule has 2 aromatic rings. The van der Waals surface area contributed by atoms with Gasteiger partial charge in [0.25, 0.3) is 0 Å². The Bertz CT molecular complexity index is 444. The van der Waals surface area contributed by atoms with E-state index in [9.17, 15) is 4.79 Å². The van der Waals surface area contributed by atoms with Crippen molar-refractivity contribution in [3.05, 3.63) is 36.8 Å². The summed E-state index contributed by atoms with van der Waals surface area (Å²) in [6.07, 6.45) is 3.83. The third kappa shape index (κ3) is 13.6. The van der Waals surface area contributed by atoms with Crippen LogP contribution in [0.25, 0.3) is 0 Å². The first-order valence-electron chi connectivity index (χ1n) is 4.54. The van der Waals surface area contributed by atoms with Crippen molar-refractivity contribution in [1.82, 2.24) is 20.4 Å². The lowest BCUT2D eigenvalue weighted by Gasteiger charge is -1.95. The molecule has 0 saturated carbocycles. The fourth-order valence-electron chi connectivity index (χ4n) is 0.677. The molecule has 2 heterocycles. The molecule has 0 aliphatic rings. The largest absolute Gasteiger partial charge is 0.760 e. The predicted octanol–water partition coefficient (Wildman–Crippen LogP) is -0.917. The number of rotatable bonds is 1. The number of nitrogens with one attached hydrogen (secondary N) is 1. The van der Waals surface area contributed by atoms with Gasteiger partial charge in [0.05, 0.1) is 12.4 Å². The van der Waals surface area contributed by atoms with Gasteiger partial charge >= 0.3 is 6.09 Å². The van der Waals surface area contributed by atoms with E-state index in [0.717, 1.165) is 0 Å². The molecule has 2 rings (SSSR count). The van der Waals surface area contributed by atoms with Crippen LogP contribution in [0.5, 0.6) is 5.88 Å². The highest BCUT2D eigenvalue weighted by atomic mass is 32.2. The number of carbonyl (C=O) groups excluding carboxylic acids is 1. The molecule has 1 atom stereocenters. The number of nitrogens with zero attached hydrogens (tertiary/aromatic N) is 3. The zero-order valence-electron chi connectivity index (χ0n) is 9.50. The molecule has 0 spiro atoms. The first-order chi connectivity index (χ1) is 9.02. The number of hydrogen-bond acceptors (Lipinski definition) is 7. The average molecular weight is 287 g/mol. The normalized spacial score (nSPS) is 10.0. The number of H-pyrrole nitrogens is 1. The highest BCUT2D eigenvalue weighted by Gasteiger charge is 1.95. The van der Waals surface area contributed by atoms with E-state index in [0.29, 0.717) is 0 Å². The average Bonchev–Trinajstić information content (AvgIpc) is 2.87. The molecule has 1 amide bonds. The smallest absolute Gasteiger partial charge is 0.411 e. The van der Waals surface area contributed by atoms with E-state index in [4.69, 9.17) is 14.5 Å². The lowest BCUT2D eigenvalue weighted by Crippen LogP contribution is -2.16. The van der Waals surface area contributed by atoms with Crippen LogP contribution in [-0.4, -0.2) is 35.2 Å². The minimum absolute atomic E-state index is 0.218. The van der Waals surface area contributed by atoms with Gasteiger partial charge in [-0.3, -0.25) is 9.35 Å². The summed E-state index contributed by atoms with van der Waals surface area (Å²) in [6.45, 7) is 0. The Morgan fingerprint density at radius 1 is 1.32 bits per heavy atom. The number of amides is 1. The van der Waals surface area contributed by atoms with E-state index in [1.807, 2.05) is 0 Å². The van der Waals surface area contributed by atoms with Gasteiger partial charge in [-0.2, -0.15) is 15.4 Å². The van der Waals surface area contributed by atoms with Crippen molar-refractivity contribution in [2.75, 3.05) is 0 Å². The lowest BCUT2D eigenvalue weighted by molar-refractivity contribution is 0.209. The van der Waals surface area contributed by atoms with Crippen LogP contribution in [0.2, 0.25) is 0 Å². The first kappa shape index (κ1) is 16.6. The Kier molecular flexibility index (Phi) is 9.42. The van der Waals surface area contributed by atoms with Crippen molar-refractivity contribution in [3.63, 3.8) is 0 Å². The zero-order chi connectivity index (χ0) is 14.5. The van der Waals surface area contributed by atoms with Crippen LogP contribution in [-0.2, 0) is 11.3 Å². The third-order valence-electron chi connectivity index (χ3n) is 1.17. The molecule has 2 aromatic heterocycles. The molecule has 10 nitrogen and oxygen atoms in total. The highest BCUT2D eigenvalue weighted by Crippen LogP contribution is 2.01. The van der Waals surface area contributed by atoms with Crippen molar-refractivity contribution in [1.29, 1.82) is 0 Å². The van der Waals surface area contributed by atoms with Gasteiger partial charge in [-0.1, -0.05) is 6.07 Å². The quantitative estimate of drug-likeness (QED) is 0.568. The topological polar surface area (TPSA) is 173 Å². The van der Waals surface area contributed by atoms with Crippen LogP contribution in [0, 0.1) is 0 Å². The maximum atomic E-state index is 10.1. The first-order valence-corrected chi connectivity index (χ1v) is 5.68. The van der Waals surface area contributed by atoms with Gasteiger partial charge in [0, 0.05) is 23.5 Å². The summed E-state index contributed by atoms with van der Waals surface area (Å²) in [5.41, 5.74) is 4.72. The molecular formula is C8H11N6O4S-. The number of carbonyl (C=O) groups is 1. The molecule has 11 heteroatoms. The number of aromatic amines is 1. The molecule has 19 heavy (non-hydrogen) atoms. The molecule has 0 saturated heterocycles. The number of aromatic nitrogens is 4. The van der Waals surface area contributed by atoms with E-state index >= 15 is 0 Å². The van der Waals surface area contributed by atoms with Crippen molar-refractivity contribution in [3.8, 4) is 5.88 Å².